The predicted octanol–water partition coefficient (Wildman–Crippen LogP) is 3.32. The Balaban J connectivity index is 2.24. The quantitative estimate of drug-likeness (QED) is 0.919. The van der Waals surface area contributed by atoms with E-state index in [0.29, 0.717) is 0 Å². The van der Waals surface area contributed by atoms with Gasteiger partial charge in [-0.15, -0.1) is 0 Å². The van der Waals surface area contributed by atoms with Crippen LogP contribution in [0.3, 0.4) is 0 Å². The minimum Gasteiger partial charge on any atom is -0.208 e. The van der Waals surface area contributed by atoms with Gasteiger partial charge in [0, 0.05) is 10.5 Å². The number of halogens is 2. The second kappa shape index (κ2) is 5.26. The van der Waals surface area contributed by atoms with Crippen LogP contribution >= 0.6 is 27.5 Å². The van der Waals surface area contributed by atoms with Gasteiger partial charge in [0.25, 0.3) is 0 Å². The van der Waals surface area contributed by atoms with E-state index in [4.69, 9.17) is 11.6 Å². The lowest BCUT2D eigenvalue weighted by atomic mass is 10.3. The summed E-state index contributed by atoms with van der Waals surface area (Å²) in [6.45, 7) is 0. The van der Waals surface area contributed by atoms with Crippen molar-refractivity contribution in [1.82, 2.24) is 4.72 Å². The summed E-state index contributed by atoms with van der Waals surface area (Å²) < 4.78 is 27.7. The molecule has 0 aromatic heterocycles. The molecule has 6 heteroatoms. The molecule has 0 spiro atoms. The summed E-state index contributed by atoms with van der Waals surface area (Å²) in [7, 11) is -3.49. The van der Waals surface area contributed by atoms with Gasteiger partial charge in [-0.25, -0.2) is 13.1 Å². The minimum atomic E-state index is -3.49. The van der Waals surface area contributed by atoms with Gasteiger partial charge in [-0.1, -0.05) is 40.4 Å². The summed E-state index contributed by atoms with van der Waals surface area (Å²) in [5, 5.41) is 0.241. The van der Waals surface area contributed by atoms with Crippen LogP contribution in [0.2, 0.25) is 5.02 Å². The van der Waals surface area contributed by atoms with Crippen molar-refractivity contribution in [2.45, 2.75) is 36.6 Å². The zero-order valence-corrected chi connectivity index (χ0v) is 12.3. The molecule has 1 aromatic carbocycles. The highest BCUT2D eigenvalue weighted by molar-refractivity contribution is 9.10. The highest BCUT2D eigenvalue weighted by atomic mass is 79.9. The largest absolute Gasteiger partial charge is 0.242 e. The number of benzene rings is 1. The third-order valence-electron chi connectivity index (χ3n) is 2.86. The monoisotopic (exact) mass is 337 g/mol. The maximum absolute atomic E-state index is 12.1. The van der Waals surface area contributed by atoms with Gasteiger partial charge in [0.05, 0.1) is 5.02 Å². The normalized spacial score (nSPS) is 17.5. The van der Waals surface area contributed by atoms with Gasteiger partial charge in [0.2, 0.25) is 10.0 Å². The fourth-order valence-electron chi connectivity index (χ4n) is 2.02. The van der Waals surface area contributed by atoms with Crippen molar-refractivity contribution in [2.24, 2.45) is 0 Å². The van der Waals surface area contributed by atoms with Crippen LogP contribution in [0.15, 0.2) is 27.6 Å². The molecule has 0 bridgehead atoms. The first-order valence-corrected chi connectivity index (χ1v) is 8.12. The van der Waals surface area contributed by atoms with Gasteiger partial charge < -0.3 is 0 Å². The summed E-state index contributed by atoms with van der Waals surface area (Å²) in [5.74, 6) is 0. The molecule has 0 atom stereocenters. The molecule has 3 nitrogen and oxygen atoms in total. The number of hydrogen-bond donors (Lipinski definition) is 1. The molecule has 0 saturated heterocycles. The molecule has 94 valence electrons. The third-order valence-corrected chi connectivity index (χ3v) is 5.36. The lowest BCUT2D eigenvalue weighted by molar-refractivity contribution is 0.552. The Bertz CT molecular complexity index is 512. The minimum absolute atomic E-state index is 0.0553. The van der Waals surface area contributed by atoms with Crippen molar-refractivity contribution in [3.8, 4) is 0 Å². The smallest absolute Gasteiger partial charge is 0.208 e. The second-order valence-corrected chi connectivity index (χ2v) is 7.18. The Kier molecular flexibility index (Phi) is 4.13. The number of sulfonamides is 1. The molecule has 1 aromatic rings. The lowest BCUT2D eigenvalue weighted by Crippen LogP contribution is -2.32. The summed E-state index contributed by atoms with van der Waals surface area (Å²) in [6.07, 6.45) is 3.99. The Morgan fingerprint density at radius 1 is 1.29 bits per heavy atom. The van der Waals surface area contributed by atoms with Gasteiger partial charge in [-0.3, -0.25) is 0 Å². The van der Waals surface area contributed by atoms with Crippen LogP contribution in [0.4, 0.5) is 0 Å². The van der Waals surface area contributed by atoms with Crippen LogP contribution in [0.5, 0.6) is 0 Å². The zero-order valence-electron chi connectivity index (χ0n) is 9.12. The van der Waals surface area contributed by atoms with Crippen molar-refractivity contribution in [2.75, 3.05) is 0 Å². The molecular weight excluding hydrogens is 326 g/mol. The Morgan fingerprint density at radius 3 is 2.53 bits per heavy atom. The molecule has 0 amide bonds. The van der Waals surface area contributed by atoms with E-state index in [2.05, 4.69) is 20.7 Å². The average molecular weight is 339 g/mol. The molecule has 0 unspecified atom stereocenters. The van der Waals surface area contributed by atoms with Crippen LogP contribution in [0.1, 0.15) is 25.7 Å². The van der Waals surface area contributed by atoms with Gasteiger partial charge in [-0.2, -0.15) is 0 Å². The summed E-state index contributed by atoms with van der Waals surface area (Å²) in [5.41, 5.74) is 0. The van der Waals surface area contributed by atoms with Crippen LogP contribution < -0.4 is 4.72 Å². The van der Waals surface area contributed by atoms with E-state index in [1.165, 1.54) is 6.07 Å². The molecule has 0 radical (unpaired) electrons. The van der Waals surface area contributed by atoms with E-state index >= 15 is 0 Å². The van der Waals surface area contributed by atoms with Crippen molar-refractivity contribution in [3.63, 3.8) is 0 Å². The molecule has 1 aliphatic rings. The van der Waals surface area contributed by atoms with Crippen molar-refractivity contribution in [1.29, 1.82) is 0 Å². The maximum atomic E-state index is 12.1. The molecule has 1 N–H and O–H groups in total. The van der Waals surface area contributed by atoms with Gasteiger partial charge in [0.1, 0.15) is 4.90 Å². The van der Waals surface area contributed by atoms with E-state index < -0.39 is 10.0 Å². The van der Waals surface area contributed by atoms with Gasteiger partial charge in [-0.05, 0) is 31.0 Å². The average Bonchev–Trinajstić information content (AvgIpc) is 2.68. The molecule has 0 heterocycles. The molecule has 1 aliphatic carbocycles. The molecular formula is C11H13BrClNO2S. The summed E-state index contributed by atoms with van der Waals surface area (Å²) in [4.78, 5) is 0.147. The van der Waals surface area contributed by atoms with Crippen LogP contribution in [-0.2, 0) is 10.0 Å². The zero-order chi connectivity index (χ0) is 12.5. The van der Waals surface area contributed by atoms with Crippen molar-refractivity contribution < 1.29 is 8.42 Å². The molecule has 0 aliphatic heterocycles. The van der Waals surface area contributed by atoms with Crippen LogP contribution in [-0.4, -0.2) is 14.5 Å². The number of rotatable bonds is 3. The first-order chi connectivity index (χ1) is 7.99. The highest BCUT2D eigenvalue weighted by Gasteiger charge is 2.24. The van der Waals surface area contributed by atoms with E-state index in [-0.39, 0.29) is 16.0 Å². The SMILES string of the molecule is O=S(=O)(NC1CCCC1)c1ccc(Br)cc1Cl. The first kappa shape index (κ1) is 13.3. The molecule has 1 saturated carbocycles. The van der Waals surface area contributed by atoms with E-state index in [1.54, 1.807) is 12.1 Å². The fourth-order valence-corrected chi connectivity index (χ4v) is 4.36. The maximum Gasteiger partial charge on any atom is 0.242 e. The highest BCUT2D eigenvalue weighted by Crippen LogP contribution is 2.27. The summed E-state index contributed by atoms with van der Waals surface area (Å²) >= 11 is 9.20. The topological polar surface area (TPSA) is 46.2 Å². The van der Waals surface area contributed by atoms with E-state index in [9.17, 15) is 8.42 Å². The molecule has 1 fully saturated rings. The van der Waals surface area contributed by atoms with Crippen LogP contribution in [0.25, 0.3) is 0 Å². The Hall–Kier alpha value is -0.100. The summed E-state index contributed by atoms with van der Waals surface area (Å²) in [6, 6.07) is 4.84. The van der Waals surface area contributed by atoms with E-state index in [1.807, 2.05) is 0 Å². The Morgan fingerprint density at radius 2 is 1.94 bits per heavy atom. The first-order valence-electron chi connectivity index (χ1n) is 5.46. The molecule has 17 heavy (non-hydrogen) atoms. The van der Waals surface area contributed by atoms with Gasteiger partial charge >= 0.3 is 0 Å². The van der Waals surface area contributed by atoms with Crippen molar-refractivity contribution in [3.05, 3.63) is 27.7 Å². The standard InChI is InChI=1S/C11H13BrClNO2S/c12-8-5-6-11(10(13)7-8)17(15,16)14-9-3-1-2-4-9/h5-7,9,14H,1-4H2. The predicted molar refractivity (Wildman–Crippen MR) is 71.7 cm³/mol. The Labute approximate surface area is 115 Å². The third kappa shape index (κ3) is 3.22. The lowest BCUT2D eigenvalue weighted by Gasteiger charge is -2.13. The van der Waals surface area contributed by atoms with Gasteiger partial charge in [0.15, 0.2) is 0 Å². The van der Waals surface area contributed by atoms with Crippen LogP contribution in [0, 0.1) is 0 Å². The fraction of sp³-hybridized carbons (Fsp3) is 0.455. The second-order valence-electron chi connectivity index (χ2n) is 4.18. The van der Waals surface area contributed by atoms with E-state index in [0.717, 1.165) is 30.2 Å². The van der Waals surface area contributed by atoms with Crippen molar-refractivity contribution >= 4 is 37.6 Å². The number of hydrogen-bond acceptors (Lipinski definition) is 2. The number of nitrogens with one attached hydrogen (secondary N) is 1. The molecule has 2 rings (SSSR count).